The van der Waals surface area contributed by atoms with Gasteiger partial charge in [-0.1, -0.05) is 6.92 Å². The fraction of sp³-hybridized carbons (Fsp3) is 0.545. The zero-order valence-electron chi connectivity index (χ0n) is 8.38. The van der Waals surface area contributed by atoms with Gasteiger partial charge in [-0.3, -0.25) is 9.88 Å². The molecule has 0 aliphatic carbocycles. The number of likely N-dealkylation sites (N-methyl/N-ethyl adjacent to an activating group) is 1. The van der Waals surface area contributed by atoms with Crippen molar-refractivity contribution in [3.05, 3.63) is 29.1 Å². The molecule has 0 saturated carbocycles. The van der Waals surface area contributed by atoms with Crippen LogP contribution >= 0.6 is 0 Å². The lowest BCUT2D eigenvalue weighted by molar-refractivity contribution is 0.267. The quantitative estimate of drug-likeness (QED) is 0.648. The van der Waals surface area contributed by atoms with Crippen LogP contribution in [0.25, 0.3) is 0 Å². The highest BCUT2D eigenvalue weighted by Gasteiger charge is 2.14. The Labute approximate surface area is 79.6 Å². The molecule has 2 heteroatoms. The van der Waals surface area contributed by atoms with E-state index in [2.05, 4.69) is 29.8 Å². The van der Waals surface area contributed by atoms with E-state index in [9.17, 15) is 0 Å². The third-order valence-electron chi connectivity index (χ3n) is 2.76. The molecule has 2 rings (SSSR count). The van der Waals surface area contributed by atoms with Crippen LogP contribution in [-0.4, -0.2) is 23.0 Å². The van der Waals surface area contributed by atoms with E-state index < -0.39 is 0 Å². The van der Waals surface area contributed by atoms with Crippen molar-refractivity contribution in [1.82, 2.24) is 9.88 Å². The molecule has 1 aromatic heterocycles. The number of nitrogens with zero attached hydrogens (tertiary/aromatic N) is 2. The lowest BCUT2D eigenvalue weighted by atomic mass is 10.0. The van der Waals surface area contributed by atoms with Crippen LogP contribution < -0.4 is 0 Å². The Morgan fingerprint density at radius 3 is 3.08 bits per heavy atom. The zero-order valence-corrected chi connectivity index (χ0v) is 8.38. The number of rotatable bonds is 1. The molecule has 0 fully saturated rings. The van der Waals surface area contributed by atoms with Crippen molar-refractivity contribution in [3.8, 4) is 0 Å². The Morgan fingerprint density at radius 1 is 1.46 bits per heavy atom. The molecule has 1 aliphatic rings. The first kappa shape index (κ1) is 8.70. The summed E-state index contributed by atoms with van der Waals surface area (Å²) in [6.07, 6.45) is 3.20. The normalized spacial score (nSPS) is 17.1. The third kappa shape index (κ3) is 1.73. The summed E-state index contributed by atoms with van der Waals surface area (Å²) in [5.41, 5.74) is 4.05. The maximum Gasteiger partial charge on any atom is 0.0376 e. The molecule has 1 aromatic rings. The van der Waals surface area contributed by atoms with Gasteiger partial charge in [0.05, 0.1) is 0 Å². The number of fused-ring (bicyclic) bond motifs is 1. The number of hydrogen-bond donors (Lipinski definition) is 0. The highest BCUT2D eigenvalue weighted by molar-refractivity contribution is 5.28. The largest absolute Gasteiger partial charge is 0.299 e. The summed E-state index contributed by atoms with van der Waals surface area (Å²) in [6, 6.07) is 2.22. The second-order valence-corrected chi connectivity index (χ2v) is 3.71. The van der Waals surface area contributed by atoms with E-state index in [1.165, 1.54) is 17.7 Å². The van der Waals surface area contributed by atoms with Crippen LogP contribution in [0.1, 0.15) is 23.7 Å². The molecule has 0 atom stereocenters. The lowest BCUT2D eigenvalue weighted by Crippen LogP contribution is -2.30. The Kier molecular flexibility index (Phi) is 2.32. The summed E-state index contributed by atoms with van der Waals surface area (Å²) >= 11 is 0. The van der Waals surface area contributed by atoms with Crippen molar-refractivity contribution < 1.29 is 0 Å². The minimum Gasteiger partial charge on any atom is -0.299 e. The molecule has 0 saturated heterocycles. The molecular formula is C11H16N2. The molecule has 0 aromatic carbocycles. The van der Waals surface area contributed by atoms with Crippen molar-refractivity contribution in [2.75, 3.05) is 13.1 Å². The van der Waals surface area contributed by atoms with E-state index in [1.54, 1.807) is 0 Å². The molecule has 0 amide bonds. The summed E-state index contributed by atoms with van der Waals surface area (Å²) in [5, 5.41) is 0. The van der Waals surface area contributed by atoms with Crippen molar-refractivity contribution in [3.63, 3.8) is 0 Å². The highest BCUT2D eigenvalue weighted by atomic mass is 15.1. The standard InChI is InChI=1S/C11H16N2/c1-3-13-5-4-10-7-12-9(2)6-11(10)8-13/h6-7H,3-5,8H2,1-2H3. The zero-order chi connectivity index (χ0) is 9.26. The van der Waals surface area contributed by atoms with Crippen molar-refractivity contribution >= 4 is 0 Å². The Morgan fingerprint density at radius 2 is 2.31 bits per heavy atom. The predicted molar refractivity (Wildman–Crippen MR) is 53.6 cm³/mol. The van der Waals surface area contributed by atoms with Gasteiger partial charge in [0.15, 0.2) is 0 Å². The highest BCUT2D eigenvalue weighted by Crippen LogP contribution is 2.18. The fourth-order valence-electron chi connectivity index (χ4n) is 1.89. The minimum absolute atomic E-state index is 1.11. The Hall–Kier alpha value is -0.890. The van der Waals surface area contributed by atoms with Crippen molar-refractivity contribution in [2.45, 2.75) is 26.8 Å². The van der Waals surface area contributed by atoms with Gasteiger partial charge in [-0.05, 0) is 37.1 Å². The van der Waals surface area contributed by atoms with Crippen molar-refractivity contribution in [2.24, 2.45) is 0 Å². The molecule has 0 unspecified atom stereocenters. The maximum atomic E-state index is 4.32. The number of aryl methyl sites for hydroxylation is 1. The van der Waals surface area contributed by atoms with E-state index in [0.717, 1.165) is 25.2 Å². The van der Waals surface area contributed by atoms with Crippen LogP contribution in [0.15, 0.2) is 12.3 Å². The summed E-state index contributed by atoms with van der Waals surface area (Å²) in [7, 11) is 0. The van der Waals surface area contributed by atoms with Gasteiger partial charge in [-0.15, -0.1) is 0 Å². The molecule has 70 valence electrons. The second-order valence-electron chi connectivity index (χ2n) is 3.71. The molecular weight excluding hydrogens is 160 g/mol. The van der Waals surface area contributed by atoms with Crippen LogP contribution in [-0.2, 0) is 13.0 Å². The van der Waals surface area contributed by atoms with E-state index in [4.69, 9.17) is 0 Å². The van der Waals surface area contributed by atoms with Crippen LogP contribution in [0, 0.1) is 6.92 Å². The monoisotopic (exact) mass is 176 g/mol. The minimum atomic E-state index is 1.11. The van der Waals surface area contributed by atoms with Crippen LogP contribution in [0.2, 0.25) is 0 Å². The molecule has 1 aliphatic heterocycles. The van der Waals surface area contributed by atoms with E-state index in [-0.39, 0.29) is 0 Å². The van der Waals surface area contributed by atoms with Crippen LogP contribution in [0.5, 0.6) is 0 Å². The van der Waals surface area contributed by atoms with E-state index in [1.807, 2.05) is 6.20 Å². The van der Waals surface area contributed by atoms with Crippen LogP contribution in [0.3, 0.4) is 0 Å². The van der Waals surface area contributed by atoms with Gasteiger partial charge in [0.25, 0.3) is 0 Å². The predicted octanol–water partition coefficient (Wildman–Crippen LogP) is 1.77. The van der Waals surface area contributed by atoms with E-state index >= 15 is 0 Å². The summed E-state index contributed by atoms with van der Waals surface area (Å²) in [4.78, 5) is 6.80. The first-order valence-corrected chi connectivity index (χ1v) is 4.96. The summed E-state index contributed by atoms with van der Waals surface area (Å²) in [6.45, 7) is 7.73. The topological polar surface area (TPSA) is 16.1 Å². The summed E-state index contributed by atoms with van der Waals surface area (Å²) < 4.78 is 0. The second kappa shape index (κ2) is 3.46. The summed E-state index contributed by atoms with van der Waals surface area (Å²) in [5.74, 6) is 0. The average Bonchev–Trinajstić information content (AvgIpc) is 2.16. The van der Waals surface area contributed by atoms with Gasteiger partial charge >= 0.3 is 0 Å². The molecule has 0 spiro atoms. The van der Waals surface area contributed by atoms with Gasteiger partial charge in [-0.2, -0.15) is 0 Å². The van der Waals surface area contributed by atoms with Crippen molar-refractivity contribution in [1.29, 1.82) is 0 Å². The Balaban J connectivity index is 2.27. The van der Waals surface area contributed by atoms with Crippen LogP contribution in [0.4, 0.5) is 0 Å². The number of hydrogen-bond acceptors (Lipinski definition) is 2. The van der Waals surface area contributed by atoms with Gasteiger partial charge in [0, 0.05) is 25.0 Å². The van der Waals surface area contributed by atoms with Gasteiger partial charge in [0.2, 0.25) is 0 Å². The molecule has 0 N–H and O–H groups in total. The van der Waals surface area contributed by atoms with Gasteiger partial charge < -0.3 is 0 Å². The van der Waals surface area contributed by atoms with Gasteiger partial charge in [-0.25, -0.2) is 0 Å². The average molecular weight is 176 g/mol. The van der Waals surface area contributed by atoms with Gasteiger partial charge in [0.1, 0.15) is 0 Å². The SMILES string of the molecule is CCN1CCc2cnc(C)cc2C1. The number of pyridine rings is 1. The number of aromatic nitrogens is 1. The molecule has 0 bridgehead atoms. The van der Waals surface area contributed by atoms with E-state index in [0.29, 0.717) is 0 Å². The molecule has 2 heterocycles. The molecule has 0 radical (unpaired) electrons. The maximum absolute atomic E-state index is 4.32. The first-order valence-electron chi connectivity index (χ1n) is 4.96. The third-order valence-corrected chi connectivity index (χ3v) is 2.76. The lowest BCUT2D eigenvalue weighted by Gasteiger charge is -2.27. The first-order chi connectivity index (χ1) is 6.29. The fourth-order valence-corrected chi connectivity index (χ4v) is 1.89. The smallest absolute Gasteiger partial charge is 0.0376 e. The molecule has 2 nitrogen and oxygen atoms in total. The molecule has 13 heavy (non-hydrogen) atoms. The Bertz CT molecular complexity index is 307.